The minimum Gasteiger partial charge on any atom is -0.312 e. The molecular formula is C21H21N3O2. The summed E-state index contributed by atoms with van der Waals surface area (Å²) in [6.07, 6.45) is 1.81. The Bertz CT molecular complexity index is 1030. The van der Waals surface area contributed by atoms with Crippen molar-refractivity contribution >= 4 is 28.5 Å². The van der Waals surface area contributed by atoms with E-state index >= 15 is 0 Å². The molecule has 5 nitrogen and oxygen atoms in total. The summed E-state index contributed by atoms with van der Waals surface area (Å²) in [5.41, 5.74) is 5.83. The van der Waals surface area contributed by atoms with Gasteiger partial charge in [0.2, 0.25) is 11.8 Å². The highest BCUT2D eigenvalue weighted by Gasteiger charge is 2.36. The normalized spacial score (nSPS) is 17.3. The topological polar surface area (TPSA) is 55.2 Å². The fourth-order valence-corrected chi connectivity index (χ4v) is 3.55. The Kier molecular flexibility index (Phi) is 3.87. The molecule has 1 aromatic heterocycles. The molecule has 1 atom stereocenters. The molecule has 26 heavy (non-hydrogen) atoms. The van der Waals surface area contributed by atoms with Gasteiger partial charge in [0, 0.05) is 18.7 Å². The molecule has 0 saturated carbocycles. The molecule has 1 aliphatic rings. The van der Waals surface area contributed by atoms with Crippen LogP contribution in [0.3, 0.4) is 0 Å². The fourth-order valence-electron chi connectivity index (χ4n) is 3.55. The maximum absolute atomic E-state index is 13.1. The Labute approximate surface area is 152 Å². The molecule has 0 bridgehead atoms. The van der Waals surface area contributed by atoms with Gasteiger partial charge in [0.05, 0.1) is 17.0 Å². The number of carbonyl (C=O) groups excluding carboxylic acids is 2. The predicted molar refractivity (Wildman–Crippen MR) is 101 cm³/mol. The van der Waals surface area contributed by atoms with Crippen molar-refractivity contribution in [3.05, 3.63) is 59.4 Å². The number of carbonyl (C=O) groups is 2. The van der Waals surface area contributed by atoms with Crippen molar-refractivity contribution in [3.63, 3.8) is 0 Å². The SMILES string of the molecule is Cc1cccc(N2CC(C(=O)n3cnc4cc(C)c(C)cc43)CC2=O)c1. The molecule has 0 spiro atoms. The number of rotatable bonds is 2. The lowest BCUT2D eigenvalue weighted by Crippen LogP contribution is -2.27. The maximum Gasteiger partial charge on any atom is 0.237 e. The summed E-state index contributed by atoms with van der Waals surface area (Å²) in [6, 6.07) is 11.8. The van der Waals surface area contributed by atoms with Gasteiger partial charge in [0.1, 0.15) is 6.33 Å². The number of benzene rings is 2. The molecule has 2 heterocycles. The number of anilines is 1. The van der Waals surface area contributed by atoms with E-state index in [1.54, 1.807) is 15.8 Å². The number of aryl methyl sites for hydroxylation is 3. The first-order valence-electron chi connectivity index (χ1n) is 8.79. The number of fused-ring (bicyclic) bond motifs is 1. The smallest absolute Gasteiger partial charge is 0.237 e. The van der Waals surface area contributed by atoms with Crippen LogP contribution >= 0.6 is 0 Å². The molecule has 0 radical (unpaired) electrons. The molecule has 1 fully saturated rings. The van der Waals surface area contributed by atoms with Crippen LogP contribution in [0.15, 0.2) is 42.7 Å². The summed E-state index contributed by atoms with van der Waals surface area (Å²) < 4.78 is 1.60. The first-order valence-corrected chi connectivity index (χ1v) is 8.79. The Morgan fingerprint density at radius 2 is 1.88 bits per heavy atom. The van der Waals surface area contributed by atoms with E-state index in [0.717, 1.165) is 33.4 Å². The van der Waals surface area contributed by atoms with Crippen molar-refractivity contribution in [1.29, 1.82) is 0 Å². The maximum atomic E-state index is 13.1. The molecule has 0 N–H and O–H groups in total. The van der Waals surface area contributed by atoms with Gasteiger partial charge in [0.25, 0.3) is 0 Å². The van der Waals surface area contributed by atoms with Crippen LogP contribution in [0.1, 0.15) is 27.9 Å². The molecule has 1 aliphatic heterocycles. The van der Waals surface area contributed by atoms with Gasteiger partial charge in [-0.3, -0.25) is 14.2 Å². The largest absolute Gasteiger partial charge is 0.312 e. The number of amides is 1. The molecular weight excluding hydrogens is 326 g/mol. The van der Waals surface area contributed by atoms with Crippen LogP contribution in [0.25, 0.3) is 11.0 Å². The third kappa shape index (κ3) is 2.69. The number of aromatic nitrogens is 2. The number of hydrogen-bond donors (Lipinski definition) is 0. The second-order valence-electron chi connectivity index (χ2n) is 7.12. The predicted octanol–water partition coefficient (Wildman–Crippen LogP) is 3.65. The van der Waals surface area contributed by atoms with Crippen LogP contribution in [0.4, 0.5) is 5.69 Å². The van der Waals surface area contributed by atoms with E-state index in [4.69, 9.17) is 0 Å². The average Bonchev–Trinajstić information content (AvgIpc) is 3.18. The van der Waals surface area contributed by atoms with Gasteiger partial charge in [0.15, 0.2) is 0 Å². The molecule has 1 saturated heterocycles. The minimum absolute atomic E-state index is 0.00889. The third-order valence-electron chi connectivity index (χ3n) is 5.19. The molecule has 1 unspecified atom stereocenters. The van der Waals surface area contributed by atoms with E-state index in [0.29, 0.717) is 6.54 Å². The Morgan fingerprint density at radius 1 is 1.12 bits per heavy atom. The highest BCUT2D eigenvalue weighted by molar-refractivity contribution is 6.02. The zero-order chi connectivity index (χ0) is 18.4. The Hall–Kier alpha value is -2.95. The standard InChI is InChI=1S/C21H21N3O2/c1-13-5-4-6-17(7-13)23-11-16(10-20(23)25)21(26)24-12-22-18-8-14(2)15(3)9-19(18)24/h4-9,12,16H,10-11H2,1-3H3. The lowest BCUT2D eigenvalue weighted by atomic mass is 10.1. The number of nitrogens with zero attached hydrogens (tertiary/aromatic N) is 3. The van der Waals surface area contributed by atoms with Gasteiger partial charge in [-0.05, 0) is 61.7 Å². The summed E-state index contributed by atoms with van der Waals surface area (Å²) in [4.78, 5) is 31.6. The van der Waals surface area contributed by atoms with Crippen molar-refractivity contribution < 1.29 is 9.59 Å². The highest BCUT2D eigenvalue weighted by Crippen LogP contribution is 2.28. The van der Waals surface area contributed by atoms with Crippen LogP contribution in [0.2, 0.25) is 0 Å². The van der Waals surface area contributed by atoms with Crippen LogP contribution in [0.5, 0.6) is 0 Å². The number of imidazole rings is 1. The molecule has 1 amide bonds. The van der Waals surface area contributed by atoms with E-state index in [2.05, 4.69) is 4.98 Å². The monoisotopic (exact) mass is 347 g/mol. The quantitative estimate of drug-likeness (QED) is 0.711. The summed E-state index contributed by atoms with van der Waals surface area (Å²) in [5, 5.41) is 0. The minimum atomic E-state index is -0.359. The molecule has 5 heteroatoms. The lowest BCUT2D eigenvalue weighted by molar-refractivity contribution is -0.117. The van der Waals surface area contributed by atoms with Gasteiger partial charge >= 0.3 is 0 Å². The molecule has 4 rings (SSSR count). The van der Waals surface area contributed by atoms with Crippen LogP contribution in [-0.4, -0.2) is 27.9 Å². The average molecular weight is 347 g/mol. The van der Waals surface area contributed by atoms with E-state index in [1.807, 2.05) is 57.2 Å². The van der Waals surface area contributed by atoms with Crippen LogP contribution < -0.4 is 4.90 Å². The number of hydrogen-bond acceptors (Lipinski definition) is 3. The van der Waals surface area contributed by atoms with Gasteiger partial charge < -0.3 is 4.90 Å². The van der Waals surface area contributed by atoms with Crippen LogP contribution in [0, 0.1) is 26.7 Å². The summed E-state index contributed by atoms with van der Waals surface area (Å²) in [5.74, 6) is -0.438. The van der Waals surface area contributed by atoms with Gasteiger partial charge in [-0.2, -0.15) is 0 Å². The van der Waals surface area contributed by atoms with E-state index in [1.165, 1.54) is 0 Å². The summed E-state index contributed by atoms with van der Waals surface area (Å²) in [6.45, 7) is 6.46. The molecule has 3 aromatic rings. The van der Waals surface area contributed by atoms with Crippen molar-refractivity contribution in [3.8, 4) is 0 Å². The molecule has 2 aromatic carbocycles. The first-order chi connectivity index (χ1) is 12.4. The zero-order valence-electron chi connectivity index (χ0n) is 15.2. The fraction of sp³-hybridized carbons (Fsp3) is 0.286. The third-order valence-corrected chi connectivity index (χ3v) is 5.19. The van der Waals surface area contributed by atoms with Crippen molar-refractivity contribution in [2.75, 3.05) is 11.4 Å². The lowest BCUT2D eigenvalue weighted by Gasteiger charge is -2.17. The second-order valence-corrected chi connectivity index (χ2v) is 7.12. The van der Waals surface area contributed by atoms with Crippen molar-refractivity contribution in [2.45, 2.75) is 27.2 Å². The van der Waals surface area contributed by atoms with E-state index in [-0.39, 0.29) is 24.2 Å². The van der Waals surface area contributed by atoms with Crippen molar-refractivity contribution in [1.82, 2.24) is 9.55 Å². The van der Waals surface area contributed by atoms with E-state index in [9.17, 15) is 9.59 Å². The summed E-state index contributed by atoms with van der Waals surface area (Å²) >= 11 is 0. The second kappa shape index (κ2) is 6.09. The first kappa shape index (κ1) is 16.5. The van der Waals surface area contributed by atoms with Crippen LogP contribution in [-0.2, 0) is 4.79 Å². The Balaban J connectivity index is 1.64. The zero-order valence-corrected chi connectivity index (χ0v) is 15.2. The Morgan fingerprint density at radius 3 is 2.65 bits per heavy atom. The summed E-state index contributed by atoms with van der Waals surface area (Å²) in [7, 11) is 0. The van der Waals surface area contributed by atoms with Crippen molar-refractivity contribution in [2.24, 2.45) is 5.92 Å². The highest BCUT2D eigenvalue weighted by atomic mass is 16.2. The van der Waals surface area contributed by atoms with E-state index < -0.39 is 0 Å². The van der Waals surface area contributed by atoms with Gasteiger partial charge in [-0.25, -0.2) is 4.98 Å². The molecule has 132 valence electrons. The van der Waals surface area contributed by atoms with Gasteiger partial charge in [-0.1, -0.05) is 12.1 Å². The molecule has 0 aliphatic carbocycles. The van der Waals surface area contributed by atoms with Gasteiger partial charge in [-0.15, -0.1) is 0 Å².